The van der Waals surface area contributed by atoms with Gasteiger partial charge in [0.25, 0.3) is 0 Å². The zero-order valence-electron chi connectivity index (χ0n) is 15.3. The highest BCUT2D eigenvalue weighted by Gasteiger charge is 2.22. The third-order valence-electron chi connectivity index (χ3n) is 5.01. The first-order valence-electron chi connectivity index (χ1n) is 9.53. The Balaban J connectivity index is 1.57. The molecule has 2 aliphatic rings. The Bertz CT molecular complexity index is 800. The maximum absolute atomic E-state index is 12.6. The first-order valence-corrected chi connectivity index (χ1v) is 12.2. The fraction of sp³-hybridized carbons (Fsp3) is 0.579. The number of sulfone groups is 1. The van der Waals surface area contributed by atoms with Crippen LogP contribution in [0.3, 0.4) is 0 Å². The lowest BCUT2D eigenvalue weighted by molar-refractivity contribution is -0.121. The van der Waals surface area contributed by atoms with E-state index in [1.165, 1.54) is 37.1 Å². The molecule has 0 spiro atoms. The average Bonchev–Trinajstić information content (AvgIpc) is 2.61. The van der Waals surface area contributed by atoms with Gasteiger partial charge in [-0.25, -0.2) is 8.42 Å². The molecule has 0 bridgehead atoms. The minimum absolute atomic E-state index is 0.0446. The number of hydrogen-bond acceptors (Lipinski definition) is 5. The second-order valence-corrected chi connectivity index (χ2v) is 10.3. The van der Waals surface area contributed by atoms with Gasteiger partial charge in [-0.15, -0.1) is 11.8 Å². The van der Waals surface area contributed by atoms with Crippen LogP contribution in [0.5, 0.6) is 0 Å². The molecule has 0 radical (unpaired) electrons. The monoisotopic (exact) mass is 410 g/mol. The Hall–Kier alpha value is -1.54. The number of thioether (sulfide) groups is 1. The molecule has 1 aliphatic carbocycles. The summed E-state index contributed by atoms with van der Waals surface area (Å²) in [6.45, 7) is 0. The number of hydrogen-bond donors (Lipinski definition) is 2. The molecule has 148 valence electrons. The Morgan fingerprint density at radius 3 is 2.59 bits per heavy atom. The summed E-state index contributed by atoms with van der Waals surface area (Å²) in [6, 6.07) is 4.91. The van der Waals surface area contributed by atoms with E-state index >= 15 is 0 Å². The molecule has 0 saturated heterocycles. The van der Waals surface area contributed by atoms with E-state index in [4.69, 9.17) is 0 Å². The number of fused-ring (bicyclic) bond motifs is 1. The van der Waals surface area contributed by atoms with E-state index in [0.29, 0.717) is 11.4 Å². The molecule has 2 amide bonds. The third kappa shape index (κ3) is 5.72. The van der Waals surface area contributed by atoms with E-state index in [9.17, 15) is 18.0 Å². The zero-order chi connectivity index (χ0) is 19.3. The number of rotatable bonds is 5. The molecule has 27 heavy (non-hydrogen) atoms. The van der Waals surface area contributed by atoms with Crippen molar-refractivity contribution >= 4 is 39.1 Å². The van der Waals surface area contributed by atoms with E-state index in [-0.39, 0.29) is 34.9 Å². The summed E-state index contributed by atoms with van der Waals surface area (Å²) in [5.74, 6) is -0.238. The predicted molar refractivity (Wildman–Crippen MR) is 107 cm³/mol. The van der Waals surface area contributed by atoms with Gasteiger partial charge in [0.2, 0.25) is 11.8 Å². The van der Waals surface area contributed by atoms with Crippen LogP contribution in [0.25, 0.3) is 0 Å². The lowest BCUT2D eigenvalue weighted by atomic mass is 9.97. The first-order chi connectivity index (χ1) is 12.9. The number of benzene rings is 1. The Morgan fingerprint density at radius 1 is 1.15 bits per heavy atom. The number of carbonyl (C=O) groups excluding carboxylic acids is 2. The Morgan fingerprint density at radius 2 is 1.85 bits per heavy atom. The highest BCUT2D eigenvalue weighted by molar-refractivity contribution is 8.00. The largest absolute Gasteiger partial charge is 0.353 e. The molecule has 6 nitrogen and oxygen atoms in total. The summed E-state index contributed by atoms with van der Waals surface area (Å²) >= 11 is 1.39. The van der Waals surface area contributed by atoms with Crippen molar-refractivity contribution in [2.75, 3.05) is 16.8 Å². The summed E-state index contributed by atoms with van der Waals surface area (Å²) < 4.78 is 25.2. The minimum Gasteiger partial charge on any atom is -0.353 e. The number of amides is 2. The molecule has 1 aromatic carbocycles. The normalized spacial score (nSPS) is 18.7. The van der Waals surface area contributed by atoms with Crippen LogP contribution in [0, 0.1) is 0 Å². The lowest BCUT2D eigenvalue weighted by Gasteiger charge is -2.21. The molecule has 0 aromatic heterocycles. The van der Waals surface area contributed by atoms with Gasteiger partial charge >= 0.3 is 0 Å². The van der Waals surface area contributed by atoms with Gasteiger partial charge in [-0.05, 0) is 31.0 Å². The number of carbonyl (C=O) groups is 2. The van der Waals surface area contributed by atoms with Crippen LogP contribution in [-0.4, -0.2) is 37.8 Å². The Kier molecular flexibility index (Phi) is 6.81. The lowest BCUT2D eigenvalue weighted by Crippen LogP contribution is -2.36. The van der Waals surface area contributed by atoms with Crippen molar-refractivity contribution < 1.29 is 18.0 Å². The molecule has 1 aromatic rings. The van der Waals surface area contributed by atoms with E-state index < -0.39 is 9.84 Å². The van der Waals surface area contributed by atoms with Crippen molar-refractivity contribution in [3.8, 4) is 0 Å². The molecular weight excluding hydrogens is 384 g/mol. The first kappa shape index (κ1) is 20.2. The predicted octanol–water partition coefficient (Wildman–Crippen LogP) is 3.12. The van der Waals surface area contributed by atoms with Gasteiger partial charge in [0.1, 0.15) is 0 Å². The van der Waals surface area contributed by atoms with Gasteiger partial charge in [0, 0.05) is 17.4 Å². The fourth-order valence-electron chi connectivity index (χ4n) is 3.50. The van der Waals surface area contributed by atoms with Gasteiger partial charge in [0.15, 0.2) is 9.84 Å². The summed E-state index contributed by atoms with van der Waals surface area (Å²) in [5, 5.41) is 5.70. The molecule has 1 fully saturated rings. The summed E-state index contributed by atoms with van der Waals surface area (Å²) in [7, 11) is -3.58. The van der Waals surface area contributed by atoms with Crippen molar-refractivity contribution in [1.82, 2.24) is 5.32 Å². The van der Waals surface area contributed by atoms with Crippen molar-refractivity contribution in [3.05, 3.63) is 18.2 Å². The average molecular weight is 411 g/mol. The topological polar surface area (TPSA) is 92.3 Å². The highest BCUT2D eigenvalue weighted by atomic mass is 32.2. The van der Waals surface area contributed by atoms with E-state index in [1.54, 1.807) is 12.1 Å². The van der Waals surface area contributed by atoms with Gasteiger partial charge in [-0.1, -0.05) is 32.1 Å². The van der Waals surface area contributed by atoms with Crippen LogP contribution in [0.15, 0.2) is 28.0 Å². The second kappa shape index (κ2) is 9.10. The molecule has 1 saturated carbocycles. The van der Waals surface area contributed by atoms with Crippen LogP contribution in [0.1, 0.15) is 51.4 Å². The van der Waals surface area contributed by atoms with E-state index in [0.717, 1.165) is 30.6 Å². The van der Waals surface area contributed by atoms with E-state index in [2.05, 4.69) is 10.6 Å². The van der Waals surface area contributed by atoms with Crippen LogP contribution >= 0.6 is 11.8 Å². The highest BCUT2D eigenvalue weighted by Crippen LogP contribution is 2.33. The minimum atomic E-state index is -3.58. The van der Waals surface area contributed by atoms with Crippen LogP contribution in [0.2, 0.25) is 0 Å². The molecule has 2 N–H and O–H groups in total. The van der Waals surface area contributed by atoms with Gasteiger partial charge in [-0.2, -0.15) is 0 Å². The number of anilines is 1. The second-order valence-electron chi connectivity index (χ2n) is 7.17. The SMILES string of the molecule is O=C1CSc2ccc(S(=O)(=O)CCC(=O)NC3CCCCCCC3)cc2N1. The van der Waals surface area contributed by atoms with Gasteiger partial charge in [0.05, 0.1) is 22.1 Å². The molecule has 0 atom stereocenters. The summed E-state index contributed by atoms with van der Waals surface area (Å²) in [4.78, 5) is 24.7. The number of nitrogens with one attached hydrogen (secondary N) is 2. The standard InChI is InChI=1S/C19H26N2O4S2/c22-18(20-14-6-4-2-1-3-5-7-14)10-11-27(24,25)15-8-9-17-16(12-15)21-19(23)13-26-17/h8-9,12,14H,1-7,10-11,13H2,(H,20,22)(H,21,23). The quantitative estimate of drug-likeness (QED) is 0.778. The maximum Gasteiger partial charge on any atom is 0.234 e. The van der Waals surface area contributed by atoms with Gasteiger partial charge in [-0.3, -0.25) is 9.59 Å². The third-order valence-corrected chi connectivity index (χ3v) is 7.80. The van der Waals surface area contributed by atoms with Crippen molar-refractivity contribution in [3.63, 3.8) is 0 Å². The molecular formula is C19H26N2O4S2. The van der Waals surface area contributed by atoms with Gasteiger partial charge < -0.3 is 10.6 Å². The summed E-state index contributed by atoms with van der Waals surface area (Å²) in [5.41, 5.74) is 0.524. The fourth-order valence-corrected chi connectivity index (χ4v) is 5.55. The van der Waals surface area contributed by atoms with Crippen LogP contribution in [0.4, 0.5) is 5.69 Å². The molecule has 8 heteroatoms. The zero-order valence-corrected chi connectivity index (χ0v) is 17.0. The molecule has 1 aliphatic heterocycles. The maximum atomic E-state index is 12.6. The summed E-state index contributed by atoms with van der Waals surface area (Å²) in [6.07, 6.45) is 7.79. The van der Waals surface area contributed by atoms with Crippen LogP contribution in [-0.2, 0) is 19.4 Å². The molecule has 1 heterocycles. The van der Waals surface area contributed by atoms with E-state index in [1.807, 2.05) is 0 Å². The molecule has 0 unspecified atom stereocenters. The van der Waals surface area contributed by atoms with Crippen molar-refractivity contribution in [2.45, 2.75) is 67.2 Å². The Labute approximate surface area is 164 Å². The van der Waals surface area contributed by atoms with Crippen LogP contribution < -0.4 is 10.6 Å². The van der Waals surface area contributed by atoms with Crippen molar-refractivity contribution in [1.29, 1.82) is 0 Å². The smallest absolute Gasteiger partial charge is 0.234 e. The van der Waals surface area contributed by atoms with Crippen molar-refractivity contribution in [2.24, 2.45) is 0 Å². The molecule has 3 rings (SSSR count).